The van der Waals surface area contributed by atoms with Gasteiger partial charge in [0.2, 0.25) is 0 Å². The van der Waals surface area contributed by atoms with Crippen LogP contribution in [0.25, 0.3) is 0 Å². The topological polar surface area (TPSA) is 40.5 Å². The van der Waals surface area contributed by atoms with Crippen molar-refractivity contribution >= 4 is 0 Å². The zero-order valence-corrected chi connectivity index (χ0v) is 12.5. The molecule has 0 bridgehead atoms. The summed E-state index contributed by atoms with van der Waals surface area (Å²) in [7, 11) is 0. The fraction of sp³-hybridized carbons (Fsp3) is 0.889. The van der Waals surface area contributed by atoms with Gasteiger partial charge in [-0.15, -0.1) is 0 Å². The van der Waals surface area contributed by atoms with Crippen LogP contribution in [0.15, 0.2) is 12.2 Å². The zero-order chi connectivity index (χ0) is 13.9. The first-order chi connectivity index (χ1) is 9.59. The summed E-state index contributed by atoms with van der Waals surface area (Å²) in [6, 6.07) is 0. The summed E-state index contributed by atoms with van der Waals surface area (Å²) in [4.78, 5) is 0. The fourth-order valence-electron chi connectivity index (χ4n) is 6.35. The minimum Gasteiger partial charge on any atom is -0.393 e. The van der Waals surface area contributed by atoms with Crippen LogP contribution in [-0.2, 0) is 0 Å². The van der Waals surface area contributed by atoms with E-state index in [4.69, 9.17) is 0 Å². The molecule has 3 fully saturated rings. The normalized spacial score (nSPS) is 57.9. The Morgan fingerprint density at radius 1 is 0.950 bits per heavy atom. The van der Waals surface area contributed by atoms with Gasteiger partial charge in [0.15, 0.2) is 0 Å². The van der Waals surface area contributed by atoms with Gasteiger partial charge in [-0.2, -0.15) is 0 Å². The smallest absolute Gasteiger partial charge is 0.0723 e. The first-order valence-electron chi connectivity index (χ1n) is 8.64. The number of hydrogen-bond acceptors (Lipinski definition) is 2. The lowest BCUT2D eigenvalue weighted by Crippen LogP contribution is -2.48. The molecule has 0 aromatic rings. The van der Waals surface area contributed by atoms with E-state index < -0.39 is 0 Å². The second kappa shape index (κ2) is 4.58. The Kier molecular flexibility index (Phi) is 3.05. The first-order valence-corrected chi connectivity index (χ1v) is 8.64. The van der Waals surface area contributed by atoms with Crippen molar-refractivity contribution in [2.45, 2.75) is 64.1 Å². The van der Waals surface area contributed by atoms with Crippen molar-refractivity contribution < 1.29 is 10.2 Å². The standard InChI is InChI=1S/C18H28O2/c1-18-9-8-14-13-5-3-12(19)10-11(13)2-4-15(14)16(18)6-7-17(18)20/h3,5,11-17,19-20H,2,4,6-10H2,1H3/t11-,12-,13+,14-,15-,16+,17+,18+/m1/s1. The Labute approximate surface area is 122 Å². The largest absolute Gasteiger partial charge is 0.393 e. The molecule has 4 aliphatic rings. The molecular weight excluding hydrogens is 248 g/mol. The summed E-state index contributed by atoms with van der Waals surface area (Å²) in [5.41, 5.74) is 0.200. The summed E-state index contributed by atoms with van der Waals surface area (Å²) in [5.74, 6) is 3.82. The molecule has 3 saturated carbocycles. The van der Waals surface area contributed by atoms with Gasteiger partial charge in [-0.3, -0.25) is 0 Å². The van der Waals surface area contributed by atoms with Gasteiger partial charge in [0.05, 0.1) is 12.2 Å². The van der Waals surface area contributed by atoms with Crippen LogP contribution in [0.5, 0.6) is 0 Å². The molecule has 0 aliphatic heterocycles. The van der Waals surface area contributed by atoms with Crippen LogP contribution in [0.1, 0.15) is 51.9 Å². The van der Waals surface area contributed by atoms with Gasteiger partial charge in [-0.25, -0.2) is 0 Å². The van der Waals surface area contributed by atoms with E-state index in [-0.39, 0.29) is 17.6 Å². The van der Waals surface area contributed by atoms with E-state index in [1.165, 1.54) is 32.1 Å². The van der Waals surface area contributed by atoms with Crippen LogP contribution in [0.3, 0.4) is 0 Å². The number of aliphatic hydroxyl groups is 2. The van der Waals surface area contributed by atoms with Gasteiger partial charge in [-0.05, 0) is 80.0 Å². The molecule has 0 aromatic carbocycles. The van der Waals surface area contributed by atoms with Crippen LogP contribution >= 0.6 is 0 Å². The van der Waals surface area contributed by atoms with Crippen LogP contribution in [-0.4, -0.2) is 22.4 Å². The SMILES string of the molecule is C[C@]12CC[C@@H]3[C@H]4C=C[C@@H](O)C[C@H]4CC[C@H]3[C@@H]1CC[C@@H]2O. The monoisotopic (exact) mass is 276 g/mol. The minimum absolute atomic E-state index is 0.0603. The van der Waals surface area contributed by atoms with Crippen molar-refractivity contribution in [2.24, 2.45) is 35.0 Å². The Bertz CT molecular complexity index is 418. The van der Waals surface area contributed by atoms with E-state index in [9.17, 15) is 10.2 Å². The van der Waals surface area contributed by atoms with E-state index in [0.717, 1.165) is 30.6 Å². The Morgan fingerprint density at radius 2 is 1.80 bits per heavy atom. The number of fused-ring (bicyclic) bond motifs is 5. The third-order valence-corrected chi connectivity index (χ3v) is 7.45. The highest BCUT2D eigenvalue weighted by Gasteiger charge is 2.56. The fourth-order valence-corrected chi connectivity index (χ4v) is 6.35. The maximum absolute atomic E-state index is 10.4. The third-order valence-electron chi connectivity index (χ3n) is 7.45. The van der Waals surface area contributed by atoms with Crippen molar-refractivity contribution in [1.82, 2.24) is 0 Å². The lowest BCUT2D eigenvalue weighted by molar-refractivity contribution is -0.0703. The minimum atomic E-state index is -0.199. The summed E-state index contributed by atoms with van der Waals surface area (Å²) < 4.78 is 0. The molecule has 112 valence electrons. The van der Waals surface area contributed by atoms with Crippen molar-refractivity contribution in [3.05, 3.63) is 12.2 Å². The number of allylic oxidation sites excluding steroid dienone is 1. The molecule has 0 heterocycles. The molecule has 4 rings (SSSR count). The van der Waals surface area contributed by atoms with E-state index in [2.05, 4.69) is 13.0 Å². The Balaban J connectivity index is 1.61. The van der Waals surface area contributed by atoms with Crippen molar-refractivity contribution in [1.29, 1.82) is 0 Å². The second-order valence-electron chi connectivity index (χ2n) is 8.17. The highest BCUT2D eigenvalue weighted by atomic mass is 16.3. The van der Waals surface area contributed by atoms with Crippen LogP contribution in [0.2, 0.25) is 0 Å². The van der Waals surface area contributed by atoms with Gasteiger partial charge >= 0.3 is 0 Å². The van der Waals surface area contributed by atoms with Crippen molar-refractivity contribution in [2.75, 3.05) is 0 Å². The molecule has 8 atom stereocenters. The first kappa shape index (κ1) is 13.3. The Morgan fingerprint density at radius 3 is 2.65 bits per heavy atom. The average Bonchev–Trinajstić information content (AvgIpc) is 2.74. The average molecular weight is 276 g/mol. The summed E-state index contributed by atoms with van der Waals surface area (Å²) in [5, 5.41) is 20.2. The van der Waals surface area contributed by atoms with E-state index >= 15 is 0 Å². The third kappa shape index (κ3) is 1.77. The number of hydrogen-bond donors (Lipinski definition) is 2. The van der Waals surface area contributed by atoms with Crippen molar-refractivity contribution in [3.63, 3.8) is 0 Å². The molecule has 0 saturated heterocycles. The van der Waals surface area contributed by atoms with E-state index in [1.54, 1.807) is 0 Å². The zero-order valence-electron chi connectivity index (χ0n) is 12.5. The maximum Gasteiger partial charge on any atom is 0.0723 e. The molecule has 4 aliphatic carbocycles. The van der Waals surface area contributed by atoms with Gasteiger partial charge in [0, 0.05) is 0 Å². The van der Waals surface area contributed by atoms with Gasteiger partial charge < -0.3 is 10.2 Å². The molecule has 2 nitrogen and oxygen atoms in total. The molecule has 2 heteroatoms. The number of aliphatic hydroxyl groups excluding tert-OH is 2. The molecule has 0 amide bonds. The summed E-state index contributed by atoms with van der Waals surface area (Å²) in [6.45, 7) is 2.35. The van der Waals surface area contributed by atoms with E-state index in [1.807, 2.05) is 6.08 Å². The molecule has 0 unspecified atom stereocenters. The summed E-state index contributed by atoms with van der Waals surface area (Å²) in [6.07, 6.45) is 12.5. The highest BCUT2D eigenvalue weighted by molar-refractivity contribution is 5.11. The molecular formula is C18H28O2. The molecule has 20 heavy (non-hydrogen) atoms. The lowest BCUT2D eigenvalue weighted by atomic mass is 9.51. The van der Waals surface area contributed by atoms with Gasteiger partial charge in [0.25, 0.3) is 0 Å². The quantitative estimate of drug-likeness (QED) is 0.667. The predicted molar refractivity (Wildman–Crippen MR) is 79.0 cm³/mol. The molecule has 0 spiro atoms. The van der Waals surface area contributed by atoms with Gasteiger partial charge in [-0.1, -0.05) is 19.1 Å². The van der Waals surface area contributed by atoms with Gasteiger partial charge in [0.1, 0.15) is 0 Å². The van der Waals surface area contributed by atoms with Crippen LogP contribution in [0, 0.1) is 35.0 Å². The summed E-state index contributed by atoms with van der Waals surface area (Å²) >= 11 is 0. The molecule has 0 aromatic heterocycles. The van der Waals surface area contributed by atoms with Crippen LogP contribution in [0.4, 0.5) is 0 Å². The Hall–Kier alpha value is -0.340. The lowest BCUT2D eigenvalue weighted by Gasteiger charge is -2.54. The second-order valence-corrected chi connectivity index (χ2v) is 8.17. The van der Waals surface area contributed by atoms with Crippen LogP contribution < -0.4 is 0 Å². The van der Waals surface area contributed by atoms with Crippen molar-refractivity contribution in [3.8, 4) is 0 Å². The maximum atomic E-state index is 10.4. The highest BCUT2D eigenvalue weighted by Crippen LogP contribution is 2.61. The molecule has 0 radical (unpaired) electrons. The molecule has 2 N–H and O–H groups in total. The van der Waals surface area contributed by atoms with E-state index in [0.29, 0.717) is 11.8 Å². The predicted octanol–water partition coefficient (Wildman–Crippen LogP) is 3.14. The number of rotatable bonds is 0.